The zero-order valence-electron chi connectivity index (χ0n) is 29.3. The van der Waals surface area contributed by atoms with Gasteiger partial charge >= 0.3 is 0 Å². The highest BCUT2D eigenvalue weighted by Crippen LogP contribution is 2.32. The van der Waals surface area contributed by atoms with E-state index in [1.54, 1.807) is 25.6 Å². The molecule has 2 aromatic carbocycles. The number of hydrogen-bond donors (Lipinski definition) is 2. The van der Waals surface area contributed by atoms with Crippen molar-refractivity contribution < 1.29 is 4.74 Å². The van der Waals surface area contributed by atoms with Gasteiger partial charge < -0.3 is 15.8 Å². The number of nitrogens with two attached hydrogens (primary N) is 1. The average Bonchev–Trinajstić information content (AvgIpc) is 3.56. The van der Waals surface area contributed by atoms with Gasteiger partial charge in [-0.05, 0) is 73.0 Å². The Kier molecular flexibility index (Phi) is 12.0. The highest BCUT2D eigenvalue weighted by Gasteiger charge is 2.21. The summed E-state index contributed by atoms with van der Waals surface area (Å²) in [5.41, 5.74) is 12.5. The topological polar surface area (TPSA) is 144 Å². The fraction of sp³-hybridized carbons (Fsp3) is 0.282. The van der Waals surface area contributed by atoms with Crippen LogP contribution < -0.4 is 15.8 Å². The third-order valence-corrected chi connectivity index (χ3v) is 8.25. The van der Waals surface area contributed by atoms with Gasteiger partial charge in [-0.3, -0.25) is 9.47 Å². The monoisotopic (exact) mass is 668 g/mol. The summed E-state index contributed by atoms with van der Waals surface area (Å²) in [6.45, 7) is 10.8. The fourth-order valence-corrected chi connectivity index (χ4v) is 5.88. The van der Waals surface area contributed by atoms with Crippen molar-refractivity contribution in [3.63, 3.8) is 0 Å². The molecule has 4 aromatic heterocycles. The highest BCUT2D eigenvalue weighted by molar-refractivity contribution is 5.84. The number of nitrogen functional groups attached to an aromatic ring is 1. The summed E-state index contributed by atoms with van der Waals surface area (Å²) >= 11 is 0. The first kappa shape index (κ1) is 35.4. The van der Waals surface area contributed by atoms with Crippen LogP contribution >= 0.6 is 0 Å². The second-order valence-corrected chi connectivity index (χ2v) is 11.2. The minimum absolute atomic E-state index is 0.179. The number of imidazole rings is 1. The molecular weight excluding hydrogens is 624 g/mol. The molecular formula is C39H44N10O. The van der Waals surface area contributed by atoms with E-state index in [4.69, 9.17) is 25.7 Å². The summed E-state index contributed by atoms with van der Waals surface area (Å²) in [4.78, 5) is 25.0. The van der Waals surface area contributed by atoms with E-state index in [-0.39, 0.29) is 5.82 Å². The molecule has 0 radical (unpaired) electrons. The number of nitriles is 1. The molecule has 0 unspecified atom stereocenters. The first-order valence-corrected chi connectivity index (χ1v) is 17.1. The molecule has 5 heterocycles. The van der Waals surface area contributed by atoms with Crippen LogP contribution in [0.3, 0.4) is 0 Å². The maximum atomic E-state index is 9.08. The molecule has 1 aliphatic rings. The molecule has 0 aliphatic carbocycles. The minimum Gasteiger partial charge on any atom is -0.497 e. The van der Waals surface area contributed by atoms with E-state index in [9.17, 15) is 0 Å². The number of anilines is 2. The fourth-order valence-electron chi connectivity index (χ4n) is 5.88. The van der Waals surface area contributed by atoms with Crippen molar-refractivity contribution in [1.82, 2.24) is 34.4 Å². The second-order valence-electron chi connectivity index (χ2n) is 11.2. The van der Waals surface area contributed by atoms with Gasteiger partial charge in [-0.1, -0.05) is 52.0 Å². The standard InChI is InChI=1S/C35H32N10O.2C2H6/c1-46-27-5-2-4-24(20-27)29-11-12-30-35(41-29)45(34(42-30)28-6-3-16-39-33(28)37)26-9-7-23(8-10-26)22-44-18-14-25(15-19-44)40-31-13-17-38-32(21-36)43-31;2*1-2/h2-13,16-17,20,25H,14-15,18-19,22H2,1H3,(H2,37,39)(H,38,40,43);2*1-2H3. The number of hydrogen-bond acceptors (Lipinski definition) is 10. The van der Waals surface area contributed by atoms with Crippen molar-refractivity contribution in [2.75, 3.05) is 31.2 Å². The number of benzene rings is 2. The van der Waals surface area contributed by atoms with Gasteiger partial charge in [-0.2, -0.15) is 5.26 Å². The molecule has 3 N–H and O–H groups in total. The van der Waals surface area contributed by atoms with Crippen molar-refractivity contribution in [2.45, 2.75) is 53.1 Å². The van der Waals surface area contributed by atoms with Crippen molar-refractivity contribution in [3.8, 4) is 40.2 Å². The van der Waals surface area contributed by atoms with Crippen LogP contribution in [-0.4, -0.2) is 60.6 Å². The first-order valence-electron chi connectivity index (χ1n) is 17.1. The van der Waals surface area contributed by atoms with Crippen molar-refractivity contribution >= 4 is 22.8 Å². The summed E-state index contributed by atoms with van der Waals surface area (Å²) in [5.74, 6) is 2.74. The number of nitrogens with zero attached hydrogens (tertiary/aromatic N) is 8. The number of ether oxygens (including phenoxy) is 1. The van der Waals surface area contributed by atoms with Crippen LogP contribution in [0, 0.1) is 11.3 Å². The Morgan fingerprint density at radius 1 is 0.880 bits per heavy atom. The summed E-state index contributed by atoms with van der Waals surface area (Å²) in [6.07, 6.45) is 5.27. The van der Waals surface area contributed by atoms with E-state index in [0.29, 0.717) is 23.5 Å². The summed E-state index contributed by atoms with van der Waals surface area (Å²) in [5, 5.41) is 12.5. The third kappa shape index (κ3) is 8.05. The predicted molar refractivity (Wildman–Crippen MR) is 200 cm³/mol. The zero-order chi connectivity index (χ0) is 35.5. The Labute approximate surface area is 293 Å². The van der Waals surface area contributed by atoms with Gasteiger partial charge in [0, 0.05) is 49.3 Å². The molecule has 0 bridgehead atoms. The van der Waals surface area contributed by atoms with Gasteiger partial charge in [0.15, 0.2) is 11.5 Å². The van der Waals surface area contributed by atoms with Crippen LogP contribution in [0.4, 0.5) is 11.6 Å². The number of piperidine rings is 1. The lowest BCUT2D eigenvalue weighted by Crippen LogP contribution is -2.38. The lowest BCUT2D eigenvalue weighted by atomic mass is 10.0. The smallest absolute Gasteiger partial charge is 0.234 e. The van der Waals surface area contributed by atoms with Crippen LogP contribution in [-0.2, 0) is 6.54 Å². The van der Waals surface area contributed by atoms with Crippen LogP contribution in [0.2, 0.25) is 0 Å². The quantitative estimate of drug-likeness (QED) is 0.167. The maximum Gasteiger partial charge on any atom is 0.234 e. The van der Waals surface area contributed by atoms with Crippen LogP contribution in [0.25, 0.3) is 39.5 Å². The zero-order valence-corrected chi connectivity index (χ0v) is 29.3. The number of nitrogens with one attached hydrogen (secondary N) is 1. The van der Waals surface area contributed by atoms with E-state index in [1.165, 1.54) is 5.56 Å². The number of methoxy groups -OCH3 is 1. The predicted octanol–water partition coefficient (Wildman–Crippen LogP) is 7.53. The molecule has 0 atom stereocenters. The van der Waals surface area contributed by atoms with Crippen LogP contribution in [0.1, 0.15) is 51.9 Å². The molecule has 1 aliphatic heterocycles. The SMILES string of the molecule is CC.CC.COc1cccc(-c2ccc3nc(-c4cccnc4N)n(-c4ccc(CN5CCC(Nc6ccnc(C#N)n6)CC5)cc4)c3n2)c1. The molecule has 0 spiro atoms. The van der Waals surface area contributed by atoms with Crippen LogP contribution in [0.15, 0.2) is 91.3 Å². The molecule has 7 rings (SSSR count). The number of rotatable bonds is 8. The molecule has 11 nitrogen and oxygen atoms in total. The van der Waals surface area contributed by atoms with Gasteiger partial charge in [-0.25, -0.2) is 24.9 Å². The normalized spacial score (nSPS) is 13.0. The first-order chi connectivity index (χ1) is 24.6. The second kappa shape index (κ2) is 17.0. The van der Waals surface area contributed by atoms with Gasteiger partial charge in [-0.15, -0.1) is 0 Å². The summed E-state index contributed by atoms with van der Waals surface area (Å²) < 4.78 is 7.50. The van der Waals surface area contributed by atoms with Gasteiger partial charge in [0.2, 0.25) is 5.82 Å². The Morgan fingerprint density at radius 2 is 1.66 bits per heavy atom. The Hall–Kier alpha value is -5.86. The van der Waals surface area contributed by atoms with Gasteiger partial charge in [0.1, 0.15) is 29.0 Å². The molecule has 0 saturated carbocycles. The minimum atomic E-state index is 0.179. The maximum absolute atomic E-state index is 9.08. The van der Waals surface area contributed by atoms with Crippen LogP contribution in [0.5, 0.6) is 5.75 Å². The van der Waals surface area contributed by atoms with E-state index in [2.05, 4.69) is 54.0 Å². The molecule has 1 fully saturated rings. The Balaban J connectivity index is 0.00000117. The Morgan fingerprint density at radius 3 is 2.38 bits per heavy atom. The molecule has 256 valence electrons. The molecule has 11 heteroatoms. The summed E-state index contributed by atoms with van der Waals surface area (Å²) in [6, 6.07) is 28.3. The van der Waals surface area contributed by atoms with E-state index < -0.39 is 0 Å². The number of fused-ring (bicyclic) bond motifs is 1. The third-order valence-electron chi connectivity index (χ3n) is 8.25. The molecule has 1 saturated heterocycles. The van der Waals surface area contributed by atoms with Crippen molar-refractivity contribution in [2.24, 2.45) is 0 Å². The van der Waals surface area contributed by atoms with E-state index in [0.717, 1.165) is 71.9 Å². The van der Waals surface area contributed by atoms with Crippen molar-refractivity contribution in [1.29, 1.82) is 5.26 Å². The lowest BCUT2D eigenvalue weighted by molar-refractivity contribution is 0.211. The van der Waals surface area contributed by atoms with Gasteiger partial charge in [0.05, 0.1) is 18.4 Å². The largest absolute Gasteiger partial charge is 0.497 e. The highest BCUT2D eigenvalue weighted by atomic mass is 16.5. The molecule has 50 heavy (non-hydrogen) atoms. The van der Waals surface area contributed by atoms with E-state index in [1.807, 2.05) is 82.3 Å². The number of aromatic nitrogens is 6. The number of pyridine rings is 2. The molecule has 0 amide bonds. The van der Waals surface area contributed by atoms with Crippen molar-refractivity contribution in [3.05, 3.63) is 103 Å². The lowest BCUT2D eigenvalue weighted by Gasteiger charge is -2.32. The molecule has 6 aromatic rings. The number of likely N-dealkylation sites (tertiary alicyclic amines) is 1. The van der Waals surface area contributed by atoms with Gasteiger partial charge in [0.25, 0.3) is 0 Å². The Bertz CT molecular complexity index is 2040. The summed E-state index contributed by atoms with van der Waals surface area (Å²) in [7, 11) is 1.66. The van der Waals surface area contributed by atoms with E-state index >= 15 is 0 Å². The average molecular weight is 669 g/mol.